The summed E-state index contributed by atoms with van der Waals surface area (Å²) in [6, 6.07) is -1.10. The second-order valence-corrected chi connectivity index (χ2v) is 6.73. The molecule has 2 rings (SSSR count). The highest BCUT2D eigenvalue weighted by molar-refractivity contribution is 6.02. The monoisotopic (exact) mass is 294 g/mol. The summed E-state index contributed by atoms with van der Waals surface area (Å²) in [5, 5.41) is 3.58. The highest BCUT2D eigenvalue weighted by Gasteiger charge is 2.54. The van der Waals surface area contributed by atoms with Gasteiger partial charge in [0.2, 0.25) is 5.91 Å². The van der Waals surface area contributed by atoms with Crippen LogP contribution in [0.25, 0.3) is 10.4 Å². The molecule has 21 heavy (non-hydrogen) atoms. The Hall–Kier alpha value is -1.75. The predicted molar refractivity (Wildman–Crippen MR) is 76.4 cm³/mol. The van der Waals surface area contributed by atoms with E-state index in [0.717, 1.165) is 30.6 Å². The first-order chi connectivity index (χ1) is 9.85. The van der Waals surface area contributed by atoms with Crippen molar-refractivity contribution in [3.05, 3.63) is 10.4 Å². The van der Waals surface area contributed by atoms with Crippen LogP contribution in [0, 0.1) is 5.92 Å². The molecule has 0 bridgehead atoms. The zero-order chi connectivity index (χ0) is 15.6. The van der Waals surface area contributed by atoms with E-state index in [4.69, 9.17) is 10.3 Å². The van der Waals surface area contributed by atoms with Crippen molar-refractivity contribution >= 4 is 12.0 Å². The van der Waals surface area contributed by atoms with Crippen molar-refractivity contribution in [2.45, 2.75) is 70.6 Å². The summed E-state index contributed by atoms with van der Waals surface area (Å²) in [7, 11) is 0. The molecule has 2 atom stereocenters. The van der Waals surface area contributed by atoms with Gasteiger partial charge in [-0.2, -0.15) is 0 Å². The largest absolute Gasteiger partial charge is 0.443 e. The number of ether oxygens (including phenoxy) is 1. The van der Waals surface area contributed by atoms with Gasteiger partial charge >= 0.3 is 6.09 Å². The zero-order valence-electron chi connectivity index (χ0n) is 12.8. The molecule has 1 aliphatic carbocycles. The molecule has 0 spiro atoms. The lowest BCUT2D eigenvalue weighted by Crippen LogP contribution is -2.69. The standard InChI is InChI=1S/C14H22N4O3/c1-14(2,3)21-13(20)18-11(9-7-5-4-6-8-9)10(12(18)19)16-17-15/h9-11H,4-8H2,1-3H3/t10-,11-/m1/s1. The first kappa shape index (κ1) is 15.6. The zero-order valence-corrected chi connectivity index (χ0v) is 12.8. The maximum absolute atomic E-state index is 12.2. The van der Waals surface area contributed by atoms with E-state index < -0.39 is 23.6 Å². The molecule has 0 radical (unpaired) electrons. The molecule has 1 heterocycles. The van der Waals surface area contributed by atoms with Gasteiger partial charge in [-0.25, -0.2) is 9.69 Å². The Morgan fingerprint density at radius 3 is 2.48 bits per heavy atom. The summed E-state index contributed by atoms with van der Waals surface area (Å²) < 4.78 is 5.29. The van der Waals surface area contributed by atoms with Gasteiger partial charge in [0.15, 0.2) is 0 Å². The molecule has 0 aromatic rings. The molecule has 7 nitrogen and oxygen atoms in total. The number of azide groups is 1. The Bertz CT molecular complexity index is 473. The van der Waals surface area contributed by atoms with Crippen molar-refractivity contribution in [3.8, 4) is 0 Å². The van der Waals surface area contributed by atoms with Crippen molar-refractivity contribution in [1.82, 2.24) is 4.90 Å². The lowest BCUT2D eigenvalue weighted by atomic mass is 9.76. The molecule has 1 saturated carbocycles. The fourth-order valence-electron chi connectivity index (χ4n) is 3.14. The fourth-order valence-corrected chi connectivity index (χ4v) is 3.14. The first-order valence-electron chi connectivity index (χ1n) is 7.45. The fraction of sp³-hybridized carbons (Fsp3) is 0.857. The molecular formula is C14H22N4O3. The number of β-lactam (4-membered cyclic amide) rings is 1. The van der Waals surface area contributed by atoms with Crippen molar-refractivity contribution in [1.29, 1.82) is 0 Å². The third kappa shape index (κ3) is 3.29. The molecule has 116 valence electrons. The number of carbonyl (C=O) groups excluding carboxylic acids is 2. The van der Waals surface area contributed by atoms with Crippen LogP contribution in [0.4, 0.5) is 4.79 Å². The SMILES string of the molecule is CC(C)(C)OC(=O)N1C(=O)[C@H](N=[N+]=[N-])[C@H]1C1CCCCC1. The van der Waals surface area contributed by atoms with E-state index in [1.165, 1.54) is 6.42 Å². The van der Waals surface area contributed by atoms with Gasteiger partial charge in [-0.1, -0.05) is 24.4 Å². The molecule has 2 amide bonds. The van der Waals surface area contributed by atoms with Crippen LogP contribution in [0.1, 0.15) is 52.9 Å². The van der Waals surface area contributed by atoms with Gasteiger partial charge in [0.05, 0.1) is 6.04 Å². The minimum Gasteiger partial charge on any atom is -0.443 e. The maximum Gasteiger partial charge on any atom is 0.417 e. The Labute approximate surface area is 124 Å². The molecule has 1 saturated heterocycles. The van der Waals surface area contributed by atoms with Crippen LogP contribution in [0.15, 0.2) is 5.11 Å². The molecule has 2 aliphatic rings. The minimum atomic E-state index is -0.759. The average molecular weight is 294 g/mol. The van der Waals surface area contributed by atoms with E-state index in [2.05, 4.69) is 10.0 Å². The Kier molecular flexibility index (Phi) is 4.42. The molecule has 0 N–H and O–H groups in total. The summed E-state index contributed by atoms with van der Waals surface area (Å²) in [5.41, 5.74) is 7.96. The molecule has 2 fully saturated rings. The van der Waals surface area contributed by atoms with Crippen LogP contribution < -0.4 is 0 Å². The molecular weight excluding hydrogens is 272 g/mol. The summed E-state index contributed by atoms with van der Waals surface area (Å²) in [5.74, 6) is -0.239. The van der Waals surface area contributed by atoms with E-state index in [1.54, 1.807) is 20.8 Å². The lowest BCUT2D eigenvalue weighted by Gasteiger charge is -2.48. The number of likely N-dealkylation sites (tertiary alicyclic amines) is 1. The summed E-state index contributed by atoms with van der Waals surface area (Å²) in [6.45, 7) is 5.28. The van der Waals surface area contributed by atoms with Gasteiger partial charge < -0.3 is 4.74 Å². The van der Waals surface area contributed by atoms with Crippen molar-refractivity contribution in [2.24, 2.45) is 11.0 Å². The van der Waals surface area contributed by atoms with E-state index in [9.17, 15) is 9.59 Å². The Morgan fingerprint density at radius 1 is 1.33 bits per heavy atom. The van der Waals surface area contributed by atoms with E-state index in [0.29, 0.717) is 0 Å². The predicted octanol–water partition coefficient (Wildman–Crippen LogP) is 3.39. The molecule has 1 aliphatic heterocycles. The molecule has 0 aromatic carbocycles. The highest BCUT2D eigenvalue weighted by atomic mass is 16.6. The molecule has 7 heteroatoms. The number of rotatable bonds is 2. The smallest absolute Gasteiger partial charge is 0.417 e. The Morgan fingerprint density at radius 2 is 1.95 bits per heavy atom. The number of nitrogens with zero attached hydrogens (tertiary/aromatic N) is 4. The quantitative estimate of drug-likeness (QED) is 0.338. The van der Waals surface area contributed by atoms with Gasteiger partial charge in [-0.05, 0) is 45.1 Å². The van der Waals surface area contributed by atoms with Crippen molar-refractivity contribution < 1.29 is 14.3 Å². The van der Waals surface area contributed by atoms with E-state index >= 15 is 0 Å². The van der Waals surface area contributed by atoms with Gasteiger partial charge in [-0.15, -0.1) is 0 Å². The van der Waals surface area contributed by atoms with E-state index in [1.807, 2.05) is 0 Å². The van der Waals surface area contributed by atoms with Crippen LogP contribution in [0.2, 0.25) is 0 Å². The number of hydrogen-bond donors (Lipinski definition) is 0. The van der Waals surface area contributed by atoms with Gasteiger partial charge in [0.25, 0.3) is 0 Å². The van der Waals surface area contributed by atoms with Crippen LogP contribution in [-0.4, -0.2) is 34.6 Å². The third-order valence-electron chi connectivity index (χ3n) is 4.01. The summed E-state index contributed by atoms with van der Waals surface area (Å²) in [4.78, 5) is 28.2. The number of hydrogen-bond acceptors (Lipinski definition) is 4. The van der Waals surface area contributed by atoms with Gasteiger partial charge in [0.1, 0.15) is 11.6 Å². The topological polar surface area (TPSA) is 95.4 Å². The van der Waals surface area contributed by atoms with Crippen LogP contribution >= 0.6 is 0 Å². The number of imide groups is 1. The second-order valence-electron chi connectivity index (χ2n) is 6.73. The third-order valence-corrected chi connectivity index (χ3v) is 4.01. The normalized spacial score (nSPS) is 26.8. The summed E-state index contributed by atoms with van der Waals surface area (Å²) >= 11 is 0. The van der Waals surface area contributed by atoms with Crippen molar-refractivity contribution in [3.63, 3.8) is 0 Å². The van der Waals surface area contributed by atoms with Crippen LogP contribution in [0.3, 0.4) is 0 Å². The van der Waals surface area contributed by atoms with Crippen LogP contribution in [-0.2, 0) is 9.53 Å². The highest BCUT2D eigenvalue weighted by Crippen LogP contribution is 2.38. The summed E-state index contributed by atoms with van der Waals surface area (Å²) in [6.07, 6.45) is 4.62. The minimum absolute atomic E-state index is 0.208. The maximum atomic E-state index is 12.2. The number of carbonyl (C=O) groups is 2. The molecule has 0 aromatic heterocycles. The second kappa shape index (κ2) is 5.93. The Balaban J connectivity index is 2.16. The van der Waals surface area contributed by atoms with Crippen molar-refractivity contribution in [2.75, 3.05) is 0 Å². The van der Waals surface area contributed by atoms with Gasteiger partial charge in [-0.3, -0.25) is 4.79 Å². The van der Waals surface area contributed by atoms with Gasteiger partial charge in [0, 0.05) is 4.91 Å². The van der Waals surface area contributed by atoms with Crippen LogP contribution in [0.5, 0.6) is 0 Å². The lowest BCUT2D eigenvalue weighted by molar-refractivity contribution is -0.150. The van der Waals surface area contributed by atoms with E-state index in [-0.39, 0.29) is 12.0 Å². The first-order valence-corrected chi connectivity index (χ1v) is 7.45. The number of amides is 2. The average Bonchev–Trinajstić information content (AvgIpc) is 2.40. The molecule has 0 unspecified atom stereocenters.